The van der Waals surface area contributed by atoms with E-state index in [9.17, 15) is 0 Å². The Hall–Kier alpha value is -0.290. The van der Waals surface area contributed by atoms with Crippen molar-refractivity contribution in [1.29, 1.82) is 0 Å². The first-order valence-electron chi connectivity index (χ1n) is 4.42. The van der Waals surface area contributed by atoms with Crippen molar-refractivity contribution in [3.05, 3.63) is 34.3 Å². The summed E-state index contributed by atoms with van der Waals surface area (Å²) in [5.74, 6) is 1.00. The number of unbranched alkanes of at least 4 members (excludes halogenated alkanes) is 1. The highest BCUT2D eigenvalue weighted by molar-refractivity contribution is 14.1. The van der Waals surface area contributed by atoms with Crippen LogP contribution in [0.15, 0.2) is 33.0 Å². The van der Waals surface area contributed by atoms with Crippen molar-refractivity contribution in [3.8, 4) is 0 Å². The van der Waals surface area contributed by atoms with Gasteiger partial charge in [0.1, 0.15) is 5.76 Å². The summed E-state index contributed by atoms with van der Waals surface area (Å²) in [6, 6.07) is 3.90. The number of nitrogens with one attached hydrogen (secondary N) is 1. The van der Waals surface area contributed by atoms with Gasteiger partial charge in [-0.1, -0.05) is 28.7 Å². The van der Waals surface area contributed by atoms with Crippen LogP contribution in [0.5, 0.6) is 0 Å². The Bertz CT molecular complexity index is 231. The van der Waals surface area contributed by atoms with Gasteiger partial charge in [-0.25, -0.2) is 0 Å². The number of hydrogen-bond donors (Lipinski definition) is 1. The third-order valence-electron chi connectivity index (χ3n) is 1.69. The van der Waals surface area contributed by atoms with E-state index in [1.165, 1.54) is 6.42 Å². The summed E-state index contributed by atoms with van der Waals surface area (Å²) in [7, 11) is 0. The molecular weight excluding hydrogens is 277 g/mol. The van der Waals surface area contributed by atoms with Gasteiger partial charge in [-0.15, -0.1) is 0 Å². The number of allylic oxidation sites excluding steroid dienone is 1. The third-order valence-corrected chi connectivity index (χ3v) is 2.20. The summed E-state index contributed by atoms with van der Waals surface area (Å²) >= 11 is 2.24. The smallest absolute Gasteiger partial charge is 0.117 e. The van der Waals surface area contributed by atoms with Gasteiger partial charge >= 0.3 is 0 Å². The normalized spacial score (nSPS) is 11.2. The summed E-state index contributed by atoms with van der Waals surface area (Å²) in [6.07, 6.45) is 6.21. The highest BCUT2D eigenvalue weighted by atomic mass is 127. The highest BCUT2D eigenvalue weighted by Gasteiger charge is 1.92. The lowest BCUT2D eigenvalue weighted by Gasteiger charge is -1.99. The molecule has 0 aliphatic carbocycles. The number of rotatable bonds is 6. The van der Waals surface area contributed by atoms with Crippen molar-refractivity contribution in [3.63, 3.8) is 0 Å². The lowest BCUT2D eigenvalue weighted by Crippen LogP contribution is -2.13. The van der Waals surface area contributed by atoms with E-state index >= 15 is 0 Å². The minimum atomic E-state index is 0.834. The molecule has 0 bridgehead atoms. The van der Waals surface area contributed by atoms with Crippen LogP contribution in [-0.2, 0) is 6.54 Å². The molecule has 1 heterocycles. The first kappa shape index (κ1) is 10.8. The second kappa shape index (κ2) is 7.15. The molecule has 0 radical (unpaired) electrons. The predicted octanol–water partition coefficient (Wildman–Crippen LogP) is 3.10. The topological polar surface area (TPSA) is 25.2 Å². The average Bonchev–Trinajstić information content (AvgIpc) is 2.63. The molecule has 13 heavy (non-hydrogen) atoms. The SMILES string of the molecule is I/C=C/CCCNCc1ccco1. The molecule has 0 spiro atoms. The zero-order chi connectivity index (χ0) is 9.36. The number of hydrogen-bond acceptors (Lipinski definition) is 2. The Kier molecular flexibility index (Phi) is 5.93. The molecule has 0 aliphatic rings. The van der Waals surface area contributed by atoms with E-state index in [-0.39, 0.29) is 0 Å². The molecule has 0 saturated heterocycles. The van der Waals surface area contributed by atoms with Crippen LogP contribution >= 0.6 is 22.6 Å². The highest BCUT2D eigenvalue weighted by Crippen LogP contribution is 1.99. The van der Waals surface area contributed by atoms with Crippen LogP contribution in [0.2, 0.25) is 0 Å². The van der Waals surface area contributed by atoms with Gasteiger partial charge < -0.3 is 9.73 Å². The van der Waals surface area contributed by atoms with Gasteiger partial charge in [-0.05, 0) is 35.6 Å². The molecule has 0 aliphatic heterocycles. The van der Waals surface area contributed by atoms with Gasteiger partial charge in [-0.3, -0.25) is 0 Å². The van der Waals surface area contributed by atoms with Gasteiger partial charge in [0.15, 0.2) is 0 Å². The zero-order valence-corrected chi connectivity index (χ0v) is 9.66. The molecule has 0 fully saturated rings. The number of furan rings is 1. The molecule has 1 rings (SSSR count). The first-order valence-corrected chi connectivity index (χ1v) is 5.66. The maximum absolute atomic E-state index is 5.18. The van der Waals surface area contributed by atoms with Crippen LogP contribution in [0, 0.1) is 0 Å². The molecule has 0 saturated carbocycles. The van der Waals surface area contributed by atoms with Crippen LogP contribution in [0.25, 0.3) is 0 Å². The van der Waals surface area contributed by atoms with Crippen LogP contribution < -0.4 is 5.32 Å². The Morgan fingerprint density at radius 2 is 2.46 bits per heavy atom. The molecule has 0 aromatic carbocycles. The molecule has 1 aromatic heterocycles. The summed E-state index contributed by atoms with van der Waals surface area (Å²) in [5.41, 5.74) is 0. The first-order chi connectivity index (χ1) is 6.43. The van der Waals surface area contributed by atoms with Crippen molar-refractivity contribution in [2.45, 2.75) is 19.4 Å². The quantitative estimate of drug-likeness (QED) is 0.643. The molecule has 0 unspecified atom stereocenters. The fourth-order valence-electron chi connectivity index (χ4n) is 1.03. The van der Waals surface area contributed by atoms with E-state index in [0.717, 1.165) is 25.3 Å². The fraction of sp³-hybridized carbons (Fsp3) is 0.400. The standard InChI is InChI=1S/C10H14INO/c11-6-2-1-3-7-12-9-10-5-4-8-13-10/h2,4-6,8,12H,1,3,7,9H2/b6-2+. The van der Waals surface area contributed by atoms with Crippen molar-refractivity contribution in [2.75, 3.05) is 6.54 Å². The Balaban J connectivity index is 1.96. The van der Waals surface area contributed by atoms with Crippen LogP contribution in [-0.4, -0.2) is 6.54 Å². The maximum atomic E-state index is 5.18. The van der Waals surface area contributed by atoms with E-state index < -0.39 is 0 Å². The number of halogens is 1. The molecule has 2 nitrogen and oxygen atoms in total. The molecule has 72 valence electrons. The van der Waals surface area contributed by atoms with Crippen LogP contribution in [0.4, 0.5) is 0 Å². The summed E-state index contributed by atoms with van der Waals surface area (Å²) in [6.45, 7) is 1.88. The molecule has 0 atom stereocenters. The van der Waals surface area contributed by atoms with E-state index in [0.29, 0.717) is 0 Å². The van der Waals surface area contributed by atoms with Gasteiger partial charge in [0.25, 0.3) is 0 Å². The summed E-state index contributed by atoms with van der Waals surface area (Å²) in [4.78, 5) is 0. The third kappa shape index (κ3) is 5.10. The van der Waals surface area contributed by atoms with Gasteiger partial charge in [-0.2, -0.15) is 0 Å². The van der Waals surface area contributed by atoms with Crippen molar-refractivity contribution in [1.82, 2.24) is 5.32 Å². The Morgan fingerprint density at radius 1 is 1.54 bits per heavy atom. The molecule has 1 aromatic rings. The van der Waals surface area contributed by atoms with Gasteiger partial charge in [0, 0.05) is 0 Å². The van der Waals surface area contributed by atoms with Crippen LogP contribution in [0.3, 0.4) is 0 Å². The molecule has 0 amide bonds. The maximum Gasteiger partial charge on any atom is 0.117 e. The second-order valence-corrected chi connectivity index (χ2v) is 3.48. The van der Waals surface area contributed by atoms with Gasteiger partial charge in [0.05, 0.1) is 12.8 Å². The summed E-state index contributed by atoms with van der Waals surface area (Å²) < 4.78 is 7.24. The van der Waals surface area contributed by atoms with E-state index in [1.54, 1.807) is 6.26 Å². The molecule has 3 heteroatoms. The molecular formula is C10H14INO. The van der Waals surface area contributed by atoms with E-state index in [2.05, 4.69) is 38.1 Å². The fourth-order valence-corrected chi connectivity index (χ4v) is 1.39. The zero-order valence-electron chi connectivity index (χ0n) is 7.50. The molecule has 1 N–H and O–H groups in total. The second-order valence-electron chi connectivity index (χ2n) is 2.76. The minimum absolute atomic E-state index is 0.834. The summed E-state index contributed by atoms with van der Waals surface area (Å²) in [5, 5.41) is 3.32. The Labute approximate surface area is 92.5 Å². The lowest BCUT2D eigenvalue weighted by molar-refractivity contribution is 0.481. The van der Waals surface area contributed by atoms with Crippen molar-refractivity contribution in [2.24, 2.45) is 0 Å². The lowest BCUT2D eigenvalue weighted by atomic mass is 10.3. The minimum Gasteiger partial charge on any atom is -0.468 e. The van der Waals surface area contributed by atoms with Crippen molar-refractivity contribution < 1.29 is 4.42 Å². The van der Waals surface area contributed by atoms with E-state index in [1.807, 2.05) is 12.1 Å². The Morgan fingerprint density at radius 3 is 3.15 bits per heavy atom. The largest absolute Gasteiger partial charge is 0.468 e. The van der Waals surface area contributed by atoms with Gasteiger partial charge in [0.2, 0.25) is 0 Å². The predicted molar refractivity (Wildman–Crippen MR) is 62.8 cm³/mol. The van der Waals surface area contributed by atoms with E-state index in [4.69, 9.17) is 4.42 Å². The van der Waals surface area contributed by atoms with Crippen LogP contribution in [0.1, 0.15) is 18.6 Å². The van der Waals surface area contributed by atoms with Crippen molar-refractivity contribution >= 4 is 22.6 Å². The monoisotopic (exact) mass is 291 g/mol. The average molecular weight is 291 g/mol.